The van der Waals surface area contributed by atoms with Gasteiger partial charge in [0.05, 0.1) is 19.8 Å². The van der Waals surface area contributed by atoms with Gasteiger partial charge in [0.25, 0.3) is 0 Å². The summed E-state index contributed by atoms with van der Waals surface area (Å²) in [5.41, 5.74) is 7.87. The van der Waals surface area contributed by atoms with Gasteiger partial charge in [0, 0.05) is 13.2 Å². The minimum Gasteiger partial charge on any atom is -0.379 e. The zero-order chi connectivity index (χ0) is 11.6. The number of benzene rings is 1. The molecule has 0 aliphatic rings. The summed E-state index contributed by atoms with van der Waals surface area (Å²) in [6, 6.07) is 8.15. The molecule has 0 aromatic heterocycles. The standard InChI is InChI=1S/C13H21NO2/c1-2-6-15-7-8-16-11-13-5-3-4-12(9-13)10-14/h3-5,9H,2,6-8,10-11,14H2,1H3. The third-order valence-corrected chi connectivity index (χ3v) is 2.22. The number of nitrogens with two attached hydrogens (primary N) is 1. The lowest BCUT2D eigenvalue weighted by Crippen LogP contribution is -2.05. The second kappa shape index (κ2) is 8.28. The smallest absolute Gasteiger partial charge is 0.0718 e. The van der Waals surface area contributed by atoms with E-state index in [2.05, 4.69) is 13.0 Å². The van der Waals surface area contributed by atoms with Crippen LogP contribution < -0.4 is 5.73 Å². The Bertz CT molecular complexity index is 289. The molecule has 0 atom stereocenters. The summed E-state index contributed by atoms with van der Waals surface area (Å²) in [5, 5.41) is 0. The van der Waals surface area contributed by atoms with Gasteiger partial charge in [-0.05, 0) is 17.5 Å². The van der Waals surface area contributed by atoms with E-state index in [0.29, 0.717) is 26.4 Å². The Morgan fingerprint density at radius 2 is 1.81 bits per heavy atom. The maximum atomic E-state index is 5.57. The van der Waals surface area contributed by atoms with Crippen molar-refractivity contribution in [2.24, 2.45) is 5.73 Å². The maximum absolute atomic E-state index is 5.57. The molecule has 0 spiro atoms. The Kier molecular flexibility index (Phi) is 6.81. The van der Waals surface area contributed by atoms with Crippen molar-refractivity contribution in [3.63, 3.8) is 0 Å². The molecule has 1 rings (SSSR count). The van der Waals surface area contributed by atoms with Crippen molar-refractivity contribution in [2.45, 2.75) is 26.5 Å². The number of hydrogen-bond acceptors (Lipinski definition) is 3. The van der Waals surface area contributed by atoms with Crippen molar-refractivity contribution < 1.29 is 9.47 Å². The molecule has 0 saturated carbocycles. The zero-order valence-corrected chi connectivity index (χ0v) is 9.95. The molecular formula is C13H21NO2. The topological polar surface area (TPSA) is 44.5 Å². The molecule has 2 N–H and O–H groups in total. The van der Waals surface area contributed by atoms with Crippen LogP contribution in [0.3, 0.4) is 0 Å². The summed E-state index contributed by atoms with van der Waals surface area (Å²) in [7, 11) is 0. The number of rotatable bonds is 8. The molecule has 1 aromatic rings. The van der Waals surface area contributed by atoms with E-state index >= 15 is 0 Å². The quantitative estimate of drug-likeness (QED) is 0.686. The third-order valence-electron chi connectivity index (χ3n) is 2.22. The van der Waals surface area contributed by atoms with Crippen LogP contribution in [0.5, 0.6) is 0 Å². The first-order chi connectivity index (χ1) is 7.86. The van der Waals surface area contributed by atoms with Crippen LogP contribution >= 0.6 is 0 Å². The molecule has 0 aliphatic carbocycles. The van der Waals surface area contributed by atoms with Gasteiger partial charge in [-0.1, -0.05) is 31.2 Å². The lowest BCUT2D eigenvalue weighted by Gasteiger charge is -2.06. The fourth-order valence-corrected chi connectivity index (χ4v) is 1.40. The maximum Gasteiger partial charge on any atom is 0.0718 e. The minimum absolute atomic E-state index is 0.577. The second-order valence-corrected chi connectivity index (χ2v) is 3.69. The van der Waals surface area contributed by atoms with Gasteiger partial charge in [0.2, 0.25) is 0 Å². The van der Waals surface area contributed by atoms with Crippen LogP contribution in [0, 0.1) is 0 Å². The van der Waals surface area contributed by atoms with Gasteiger partial charge in [0.15, 0.2) is 0 Å². The van der Waals surface area contributed by atoms with Crippen molar-refractivity contribution in [2.75, 3.05) is 19.8 Å². The van der Waals surface area contributed by atoms with E-state index < -0.39 is 0 Å². The first-order valence-corrected chi connectivity index (χ1v) is 5.80. The largest absolute Gasteiger partial charge is 0.379 e. The van der Waals surface area contributed by atoms with E-state index in [4.69, 9.17) is 15.2 Å². The van der Waals surface area contributed by atoms with Crippen LogP contribution in [-0.2, 0) is 22.6 Å². The van der Waals surface area contributed by atoms with Crippen molar-refractivity contribution in [1.29, 1.82) is 0 Å². The second-order valence-electron chi connectivity index (χ2n) is 3.69. The third kappa shape index (κ3) is 5.26. The summed E-state index contributed by atoms with van der Waals surface area (Å²) in [5.74, 6) is 0. The highest BCUT2D eigenvalue weighted by Crippen LogP contribution is 2.05. The first kappa shape index (κ1) is 13.2. The average Bonchev–Trinajstić information content (AvgIpc) is 2.34. The van der Waals surface area contributed by atoms with E-state index in [1.807, 2.05) is 18.2 Å². The van der Waals surface area contributed by atoms with Crippen LogP contribution in [0.1, 0.15) is 24.5 Å². The van der Waals surface area contributed by atoms with Gasteiger partial charge in [0.1, 0.15) is 0 Å². The van der Waals surface area contributed by atoms with Gasteiger partial charge in [-0.3, -0.25) is 0 Å². The van der Waals surface area contributed by atoms with Crippen LogP contribution in [0.2, 0.25) is 0 Å². The Morgan fingerprint density at radius 3 is 2.56 bits per heavy atom. The number of hydrogen-bond donors (Lipinski definition) is 1. The fraction of sp³-hybridized carbons (Fsp3) is 0.538. The van der Waals surface area contributed by atoms with Crippen molar-refractivity contribution >= 4 is 0 Å². The SMILES string of the molecule is CCCOCCOCc1cccc(CN)c1. The fourth-order valence-electron chi connectivity index (χ4n) is 1.40. The molecule has 0 aliphatic heterocycles. The van der Waals surface area contributed by atoms with E-state index in [-0.39, 0.29) is 0 Å². The van der Waals surface area contributed by atoms with Gasteiger partial charge >= 0.3 is 0 Å². The Balaban J connectivity index is 2.16. The van der Waals surface area contributed by atoms with Crippen molar-refractivity contribution in [3.05, 3.63) is 35.4 Å². The lowest BCUT2D eigenvalue weighted by molar-refractivity contribution is 0.0408. The normalized spacial score (nSPS) is 10.6. The molecule has 90 valence electrons. The predicted octanol–water partition coefficient (Wildman–Crippen LogP) is 2.09. The zero-order valence-electron chi connectivity index (χ0n) is 9.95. The molecule has 16 heavy (non-hydrogen) atoms. The molecule has 0 amide bonds. The summed E-state index contributed by atoms with van der Waals surface area (Å²) < 4.78 is 10.8. The van der Waals surface area contributed by atoms with E-state index in [1.54, 1.807) is 0 Å². The monoisotopic (exact) mass is 223 g/mol. The Morgan fingerprint density at radius 1 is 1.06 bits per heavy atom. The molecule has 3 nitrogen and oxygen atoms in total. The highest BCUT2D eigenvalue weighted by Gasteiger charge is 1.95. The van der Waals surface area contributed by atoms with E-state index in [1.165, 1.54) is 5.56 Å². The highest BCUT2D eigenvalue weighted by molar-refractivity contribution is 5.22. The molecule has 0 heterocycles. The summed E-state index contributed by atoms with van der Waals surface area (Å²) in [4.78, 5) is 0. The lowest BCUT2D eigenvalue weighted by atomic mass is 10.1. The van der Waals surface area contributed by atoms with Gasteiger partial charge in [-0.15, -0.1) is 0 Å². The van der Waals surface area contributed by atoms with Gasteiger partial charge in [-0.25, -0.2) is 0 Å². The number of ether oxygens (including phenoxy) is 2. The van der Waals surface area contributed by atoms with Crippen molar-refractivity contribution in [1.82, 2.24) is 0 Å². The molecule has 1 aromatic carbocycles. The molecule has 0 bridgehead atoms. The summed E-state index contributed by atoms with van der Waals surface area (Å²) >= 11 is 0. The van der Waals surface area contributed by atoms with Gasteiger partial charge in [-0.2, -0.15) is 0 Å². The average molecular weight is 223 g/mol. The first-order valence-electron chi connectivity index (χ1n) is 5.80. The van der Waals surface area contributed by atoms with Crippen LogP contribution in [0.4, 0.5) is 0 Å². The Hall–Kier alpha value is -0.900. The predicted molar refractivity (Wildman–Crippen MR) is 65.1 cm³/mol. The summed E-state index contributed by atoms with van der Waals surface area (Å²) in [6.45, 7) is 5.43. The molecule has 0 fully saturated rings. The highest BCUT2D eigenvalue weighted by atomic mass is 16.5. The summed E-state index contributed by atoms with van der Waals surface area (Å²) in [6.07, 6.45) is 1.05. The van der Waals surface area contributed by atoms with Crippen molar-refractivity contribution in [3.8, 4) is 0 Å². The minimum atomic E-state index is 0.577. The molecular weight excluding hydrogens is 202 g/mol. The van der Waals surface area contributed by atoms with E-state index in [0.717, 1.165) is 18.6 Å². The molecule has 3 heteroatoms. The molecule has 0 saturated heterocycles. The van der Waals surface area contributed by atoms with Crippen LogP contribution in [0.25, 0.3) is 0 Å². The molecule has 0 unspecified atom stereocenters. The van der Waals surface area contributed by atoms with Crippen LogP contribution in [-0.4, -0.2) is 19.8 Å². The van der Waals surface area contributed by atoms with Gasteiger partial charge < -0.3 is 15.2 Å². The van der Waals surface area contributed by atoms with Crippen LogP contribution in [0.15, 0.2) is 24.3 Å². The Labute approximate surface area is 97.6 Å². The van der Waals surface area contributed by atoms with E-state index in [9.17, 15) is 0 Å². The molecule has 0 radical (unpaired) electrons.